The van der Waals surface area contributed by atoms with E-state index in [4.69, 9.17) is 5.73 Å². The van der Waals surface area contributed by atoms with Gasteiger partial charge in [-0.2, -0.15) is 0 Å². The fraction of sp³-hybridized carbons (Fsp3) is 0.583. The van der Waals surface area contributed by atoms with E-state index in [0.29, 0.717) is 6.04 Å². The van der Waals surface area contributed by atoms with Gasteiger partial charge in [0.2, 0.25) is 0 Å². The minimum Gasteiger partial charge on any atom is -0.353 e. The van der Waals surface area contributed by atoms with Crippen molar-refractivity contribution < 1.29 is 0 Å². The number of halogens is 1. The Morgan fingerprint density at radius 1 is 1.56 bits per heavy atom. The third kappa shape index (κ3) is 2.74. The molecule has 0 bridgehead atoms. The molecule has 0 aromatic carbocycles. The Kier molecular flexibility index (Phi) is 3.82. The van der Waals surface area contributed by atoms with Crippen molar-refractivity contribution in [1.29, 1.82) is 0 Å². The maximum atomic E-state index is 5.58. The molecule has 1 aliphatic carbocycles. The molecule has 4 heteroatoms. The van der Waals surface area contributed by atoms with E-state index in [0.717, 1.165) is 29.8 Å². The summed E-state index contributed by atoms with van der Waals surface area (Å²) in [5.41, 5.74) is 6.76. The molecule has 0 atom stereocenters. The first-order valence-corrected chi connectivity index (χ1v) is 6.60. The van der Waals surface area contributed by atoms with Gasteiger partial charge in [-0.15, -0.1) is 0 Å². The lowest BCUT2D eigenvalue weighted by atomic mass is 10.3. The lowest BCUT2D eigenvalue weighted by Gasteiger charge is -2.24. The van der Waals surface area contributed by atoms with Crippen LogP contribution in [0.3, 0.4) is 0 Å². The van der Waals surface area contributed by atoms with E-state index in [9.17, 15) is 0 Å². The van der Waals surface area contributed by atoms with Crippen molar-refractivity contribution >= 4 is 21.7 Å². The van der Waals surface area contributed by atoms with Crippen molar-refractivity contribution in [3.8, 4) is 0 Å². The molecule has 2 rings (SSSR count). The Labute approximate surface area is 105 Å². The van der Waals surface area contributed by atoms with Gasteiger partial charge >= 0.3 is 0 Å². The van der Waals surface area contributed by atoms with Gasteiger partial charge in [0.25, 0.3) is 0 Å². The second kappa shape index (κ2) is 5.15. The Balaban J connectivity index is 2.17. The molecule has 1 heterocycles. The summed E-state index contributed by atoms with van der Waals surface area (Å²) in [6, 6.07) is 2.80. The number of hydrogen-bond acceptors (Lipinski definition) is 3. The van der Waals surface area contributed by atoms with Gasteiger partial charge in [-0.3, -0.25) is 0 Å². The van der Waals surface area contributed by atoms with Gasteiger partial charge in [-0.05, 0) is 60.3 Å². The topological polar surface area (TPSA) is 42.2 Å². The lowest BCUT2D eigenvalue weighted by Crippen LogP contribution is -2.29. The van der Waals surface area contributed by atoms with E-state index in [1.165, 1.54) is 18.4 Å². The highest BCUT2D eigenvalue weighted by atomic mass is 79.9. The number of anilines is 1. The second-order valence-corrected chi connectivity index (χ2v) is 5.24. The third-order valence-corrected chi connectivity index (χ3v) is 3.40. The maximum Gasteiger partial charge on any atom is 0.143 e. The fourth-order valence-electron chi connectivity index (χ4n) is 1.85. The zero-order valence-corrected chi connectivity index (χ0v) is 11.2. The first-order chi connectivity index (χ1) is 7.72. The summed E-state index contributed by atoms with van der Waals surface area (Å²) in [4.78, 5) is 6.92. The average Bonchev–Trinajstić information content (AvgIpc) is 3.05. The highest BCUT2D eigenvalue weighted by molar-refractivity contribution is 9.10. The molecular formula is C12H18BrN3. The second-order valence-electron chi connectivity index (χ2n) is 4.38. The zero-order chi connectivity index (χ0) is 11.5. The smallest absolute Gasteiger partial charge is 0.143 e. The number of aromatic nitrogens is 1. The van der Waals surface area contributed by atoms with Crippen LogP contribution >= 0.6 is 15.9 Å². The minimum absolute atomic E-state index is 0.679. The molecule has 1 saturated carbocycles. The van der Waals surface area contributed by atoms with Gasteiger partial charge in [-0.25, -0.2) is 4.98 Å². The van der Waals surface area contributed by atoms with Crippen LogP contribution in [0.5, 0.6) is 0 Å². The molecule has 1 aliphatic rings. The van der Waals surface area contributed by atoms with Gasteiger partial charge in [0.15, 0.2) is 0 Å². The Morgan fingerprint density at radius 2 is 2.31 bits per heavy atom. The predicted molar refractivity (Wildman–Crippen MR) is 70.7 cm³/mol. The van der Waals surface area contributed by atoms with Crippen molar-refractivity contribution in [1.82, 2.24) is 4.98 Å². The molecule has 3 nitrogen and oxygen atoms in total. The van der Waals surface area contributed by atoms with Crippen molar-refractivity contribution in [2.45, 2.75) is 32.2 Å². The monoisotopic (exact) mass is 283 g/mol. The summed E-state index contributed by atoms with van der Waals surface area (Å²) in [6.07, 6.45) is 5.52. The van der Waals surface area contributed by atoms with Crippen molar-refractivity contribution in [3.05, 3.63) is 22.3 Å². The Bertz CT molecular complexity index is 363. The number of aryl methyl sites for hydroxylation is 1. The Morgan fingerprint density at radius 3 is 2.88 bits per heavy atom. The quantitative estimate of drug-likeness (QED) is 0.903. The Hall–Kier alpha value is -0.610. The van der Waals surface area contributed by atoms with Crippen LogP contribution in [-0.4, -0.2) is 24.1 Å². The minimum atomic E-state index is 0.679. The van der Waals surface area contributed by atoms with Crippen LogP contribution in [0, 0.1) is 6.92 Å². The molecule has 1 aromatic heterocycles. The van der Waals surface area contributed by atoms with E-state index in [2.05, 4.69) is 38.8 Å². The van der Waals surface area contributed by atoms with E-state index in [-0.39, 0.29) is 0 Å². The molecule has 0 amide bonds. The number of pyridine rings is 1. The van der Waals surface area contributed by atoms with Crippen LogP contribution < -0.4 is 10.6 Å². The van der Waals surface area contributed by atoms with Gasteiger partial charge in [-0.1, -0.05) is 0 Å². The molecule has 1 fully saturated rings. The number of hydrogen-bond donors (Lipinski definition) is 1. The van der Waals surface area contributed by atoms with Gasteiger partial charge in [0, 0.05) is 18.8 Å². The summed E-state index contributed by atoms with van der Waals surface area (Å²) in [6.45, 7) is 3.81. The molecule has 88 valence electrons. The van der Waals surface area contributed by atoms with Crippen LogP contribution in [0.4, 0.5) is 5.82 Å². The van der Waals surface area contributed by atoms with Crippen molar-refractivity contribution in [2.24, 2.45) is 5.73 Å². The van der Waals surface area contributed by atoms with Gasteiger partial charge in [0.05, 0.1) is 4.47 Å². The van der Waals surface area contributed by atoms with Gasteiger partial charge in [0.1, 0.15) is 5.82 Å². The first-order valence-electron chi connectivity index (χ1n) is 5.81. The highest BCUT2D eigenvalue weighted by Crippen LogP contribution is 2.34. The molecule has 0 radical (unpaired) electrons. The fourth-order valence-corrected chi connectivity index (χ4v) is 2.54. The highest BCUT2D eigenvalue weighted by Gasteiger charge is 2.30. The van der Waals surface area contributed by atoms with Gasteiger partial charge < -0.3 is 10.6 Å². The number of nitrogens with zero attached hydrogens (tertiary/aromatic N) is 2. The number of rotatable bonds is 5. The summed E-state index contributed by atoms with van der Waals surface area (Å²) < 4.78 is 1.09. The standard InChI is InChI=1S/C12H18BrN3/c1-9-7-11(13)12(15-8-9)16(6-2-5-14)10-3-4-10/h7-8,10H,2-6,14H2,1H3. The van der Waals surface area contributed by atoms with E-state index in [1.54, 1.807) is 0 Å². The molecule has 0 saturated heterocycles. The number of nitrogens with two attached hydrogens (primary N) is 1. The molecule has 1 aromatic rings. The van der Waals surface area contributed by atoms with Crippen molar-refractivity contribution in [3.63, 3.8) is 0 Å². The third-order valence-electron chi connectivity index (χ3n) is 2.82. The SMILES string of the molecule is Cc1cnc(N(CCCN)C2CC2)c(Br)c1. The summed E-state index contributed by atoms with van der Waals surface area (Å²) in [7, 11) is 0. The summed E-state index contributed by atoms with van der Waals surface area (Å²) in [5.74, 6) is 1.07. The zero-order valence-electron chi connectivity index (χ0n) is 9.62. The van der Waals surface area contributed by atoms with Crippen LogP contribution in [0.15, 0.2) is 16.7 Å². The molecule has 0 spiro atoms. The van der Waals surface area contributed by atoms with Crippen LogP contribution in [0.1, 0.15) is 24.8 Å². The molecular weight excluding hydrogens is 266 g/mol. The average molecular weight is 284 g/mol. The normalized spacial score (nSPS) is 15.2. The van der Waals surface area contributed by atoms with Crippen LogP contribution in [-0.2, 0) is 0 Å². The molecule has 16 heavy (non-hydrogen) atoms. The lowest BCUT2D eigenvalue weighted by molar-refractivity contribution is 0.721. The van der Waals surface area contributed by atoms with Crippen LogP contribution in [0.2, 0.25) is 0 Å². The predicted octanol–water partition coefficient (Wildman–Crippen LogP) is 2.47. The summed E-state index contributed by atoms with van der Waals surface area (Å²) >= 11 is 3.60. The molecule has 0 aliphatic heterocycles. The van der Waals surface area contributed by atoms with Crippen molar-refractivity contribution in [2.75, 3.05) is 18.0 Å². The van der Waals surface area contributed by atoms with E-state index >= 15 is 0 Å². The van der Waals surface area contributed by atoms with E-state index < -0.39 is 0 Å². The first kappa shape index (κ1) is 11.9. The van der Waals surface area contributed by atoms with E-state index in [1.807, 2.05) is 6.20 Å². The maximum absolute atomic E-state index is 5.58. The van der Waals surface area contributed by atoms with Crippen LogP contribution in [0.25, 0.3) is 0 Å². The largest absolute Gasteiger partial charge is 0.353 e. The summed E-state index contributed by atoms with van der Waals surface area (Å²) in [5, 5.41) is 0. The molecule has 2 N–H and O–H groups in total. The molecule has 0 unspecified atom stereocenters.